The summed E-state index contributed by atoms with van der Waals surface area (Å²) >= 11 is 1.35. The normalized spacial score (nSPS) is 10.7. The fraction of sp³-hybridized carbons (Fsp3) is 0.105. The van der Waals surface area contributed by atoms with Crippen LogP contribution in [0.1, 0.15) is 20.9 Å². The second-order valence-electron chi connectivity index (χ2n) is 5.83. The summed E-state index contributed by atoms with van der Waals surface area (Å²) in [5, 5.41) is 3.67. The summed E-state index contributed by atoms with van der Waals surface area (Å²) in [5.74, 6) is 0.631. The molecule has 0 saturated heterocycles. The zero-order valence-corrected chi connectivity index (χ0v) is 15.3. The number of pyridine rings is 2. The van der Waals surface area contributed by atoms with Gasteiger partial charge in [0.05, 0.1) is 11.4 Å². The molecular weight excluding hydrogens is 360 g/mol. The molecule has 0 unspecified atom stereocenters. The molecule has 0 atom stereocenters. The first-order chi connectivity index (χ1) is 13.2. The largest absolute Gasteiger partial charge is 0.347 e. The van der Waals surface area contributed by atoms with E-state index in [0.29, 0.717) is 17.1 Å². The molecule has 0 aromatic carbocycles. The first-order valence-corrected chi connectivity index (χ1v) is 9.12. The summed E-state index contributed by atoms with van der Waals surface area (Å²) in [6.45, 7) is 2.23. The van der Waals surface area contributed by atoms with Gasteiger partial charge in [-0.1, -0.05) is 12.1 Å². The quantitative estimate of drug-likeness (QED) is 0.579. The van der Waals surface area contributed by atoms with E-state index in [2.05, 4.69) is 25.3 Å². The van der Waals surface area contributed by atoms with Gasteiger partial charge in [0.2, 0.25) is 0 Å². The predicted molar refractivity (Wildman–Crippen MR) is 103 cm³/mol. The fourth-order valence-electron chi connectivity index (χ4n) is 2.54. The molecule has 0 aliphatic heterocycles. The van der Waals surface area contributed by atoms with Crippen molar-refractivity contribution in [3.05, 3.63) is 77.6 Å². The number of imidazole rings is 1. The topological polar surface area (TPSA) is 85.6 Å². The number of hydrogen-bond donors (Lipinski definition) is 1. The first-order valence-electron chi connectivity index (χ1n) is 8.31. The third-order valence-corrected chi connectivity index (χ3v) is 5.10. The molecule has 8 heteroatoms. The Morgan fingerprint density at radius 2 is 2.11 bits per heavy atom. The number of aromatic nitrogens is 5. The van der Waals surface area contributed by atoms with Crippen LogP contribution in [0.3, 0.4) is 0 Å². The van der Waals surface area contributed by atoms with Crippen molar-refractivity contribution in [3.63, 3.8) is 0 Å². The lowest BCUT2D eigenvalue weighted by molar-refractivity contribution is 0.0954. The van der Waals surface area contributed by atoms with E-state index in [4.69, 9.17) is 0 Å². The Hall–Kier alpha value is -3.39. The highest BCUT2D eigenvalue weighted by atomic mass is 32.1. The molecule has 1 N–H and O–H groups in total. The van der Waals surface area contributed by atoms with Gasteiger partial charge in [0.1, 0.15) is 22.0 Å². The molecule has 0 saturated carbocycles. The Morgan fingerprint density at radius 1 is 1.19 bits per heavy atom. The highest BCUT2D eigenvalue weighted by molar-refractivity contribution is 7.17. The third kappa shape index (κ3) is 3.75. The van der Waals surface area contributed by atoms with Gasteiger partial charge >= 0.3 is 0 Å². The molecule has 4 heterocycles. The number of nitrogens with zero attached hydrogens (tertiary/aromatic N) is 5. The van der Waals surface area contributed by atoms with Crippen LogP contribution in [0.5, 0.6) is 0 Å². The van der Waals surface area contributed by atoms with Crippen molar-refractivity contribution < 1.29 is 4.79 Å². The molecule has 27 heavy (non-hydrogen) atoms. The van der Waals surface area contributed by atoms with Gasteiger partial charge in [-0.25, -0.2) is 15.0 Å². The van der Waals surface area contributed by atoms with Crippen molar-refractivity contribution >= 4 is 17.2 Å². The molecule has 0 bridgehead atoms. The molecular formula is C19H16N6OS. The average molecular weight is 376 g/mol. The lowest BCUT2D eigenvalue weighted by Gasteiger charge is -2.06. The van der Waals surface area contributed by atoms with E-state index in [1.807, 2.05) is 48.0 Å². The third-order valence-electron chi connectivity index (χ3n) is 3.92. The van der Waals surface area contributed by atoms with Crippen molar-refractivity contribution in [1.82, 2.24) is 29.8 Å². The van der Waals surface area contributed by atoms with Crippen LogP contribution >= 0.6 is 11.3 Å². The standard InChI is InChI=1S/C19H16N6OS/c1-13-17(27-19(24-13)15-4-2-3-7-21-15)18(26)23-11-14-5-6-16(22-10-14)25-9-8-20-12-25/h2-10,12H,11H2,1H3,(H,23,26). The minimum atomic E-state index is -0.147. The zero-order chi connectivity index (χ0) is 18.6. The van der Waals surface area contributed by atoms with Gasteiger partial charge < -0.3 is 5.32 Å². The number of carbonyl (C=O) groups excluding carboxylic acids is 1. The van der Waals surface area contributed by atoms with E-state index in [1.54, 1.807) is 24.9 Å². The second-order valence-corrected chi connectivity index (χ2v) is 6.82. The molecule has 4 rings (SSSR count). The smallest absolute Gasteiger partial charge is 0.263 e. The van der Waals surface area contributed by atoms with Crippen molar-refractivity contribution in [2.45, 2.75) is 13.5 Å². The molecule has 0 spiro atoms. The summed E-state index contributed by atoms with van der Waals surface area (Å²) in [6.07, 6.45) is 8.68. The van der Waals surface area contributed by atoms with Crippen LogP contribution in [-0.4, -0.2) is 30.4 Å². The Bertz CT molecular complexity index is 1040. The van der Waals surface area contributed by atoms with Gasteiger partial charge in [-0.3, -0.25) is 14.3 Å². The molecule has 0 fully saturated rings. The van der Waals surface area contributed by atoms with Crippen LogP contribution in [0, 0.1) is 6.92 Å². The number of thiazole rings is 1. The van der Waals surface area contributed by atoms with E-state index in [-0.39, 0.29) is 5.91 Å². The number of amides is 1. The number of carbonyl (C=O) groups is 1. The number of nitrogens with one attached hydrogen (secondary N) is 1. The summed E-state index contributed by atoms with van der Waals surface area (Å²) in [7, 11) is 0. The summed E-state index contributed by atoms with van der Waals surface area (Å²) < 4.78 is 1.82. The summed E-state index contributed by atoms with van der Waals surface area (Å²) in [4.78, 5) is 30.3. The molecule has 1 amide bonds. The van der Waals surface area contributed by atoms with Gasteiger partial charge in [0, 0.05) is 31.3 Å². The van der Waals surface area contributed by atoms with E-state index in [1.165, 1.54) is 11.3 Å². The number of aryl methyl sites for hydroxylation is 1. The summed E-state index contributed by atoms with van der Waals surface area (Å²) in [6, 6.07) is 9.46. The van der Waals surface area contributed by atoms with Crippen molar-refractivity contribution in [3.8, 4) is 16.5 Å². The Morgan fingerprint density at radius 3 is 2.81 bits per heavy atom. The number of rotatable bonds is 5. The van der Waals surface area contributed by atoms with Crippen LogP contribution in [-0.2, 0) is 6.54 Å². The van der Waals surface area contributed by atoms with Crippen LogP contribution < -0.4 is 5.32 Å². The fourth-order valence-corrected chi connectivity index (χ4v) is 3.50. The first kappa shape index (κ1) is 17.0. The maximum absolute atomic E-state index is 12.5. The highest BCUT2D eigenvalue weighted by Gasteiger charge is 2.16. The van der Waals surface area contributed by atoms with Crippen LogP contribution in [0.25, 0.3) is 16.5 Å². The monoisotopic (exact) mass is 376 g/mol. The SMILES string of the molecule is Cc1nc(-c2ccccn2)sc1C(=O)NCc1ccc(-n2ccnc2)nc1. The van der Waals surface area contributed by atoms with Gasteiger partial charge in [-0.2, -0.15) is 0 Å². The minimum absolute atomic E-state index is 0.147. The van der Waals surface area contributed by atoms with Crippen LogP contribution in [0.2, 0.25) is 0 Å². The van der Waals surface area contributed by atoms with E-state index in [9.17, 15) is 4.79 Å². The Labute approximate surface area is 159 Å². The number of hydrogen-bond acceptors (Lipinski definition) is 6. The van der Waals surface area contributed by atoms with Crippen LogP contribution in [0.4, 0.5) is 0 Å². The summed E-state index contributed by atoms with van der Waals surface area (Å²) in [5.41, 5.74) is 2.38. The van der Waals surface area contributed by atoms with Gasteiger partial charge in [0.25, 0.3) is 5.91 Å². The van der Waals surface area contributed by atoms with E-state index < -0.39 is 0 Å². The molecule has 4 aromatic heterocycles. The van der Waals surface area contributed by atoms with Crippen LogP contribution in [0.15, 0.2) is 61.4 Å². The highest BCUT2D eigenvalue weighted by Crippen LogP contribution is 2.26. The lowest BCUT2D eigenvalue weighted by atomic mass is 10.2. The predicted octanol–water partition coefficient (Wildman–Crippen LogP) is 3.02. The minimum Gasteiger partial charge on any atom is -0.347 e. The van der Waals surface area contributed by atoms with Gasteiger partial charge in [-0.05, 0) is 30.7 Å². The molecule has 4 aromatic rings. The second kappa shape index (κ2) is 7.46. The van der Waals surface area contributed by atoms with E-state index >= 15 is 0 Å². The lowest BCUT2D eigenvalue weighted by Crippen LogP contribution is -2.22. The maximum Gasteiger partial charge on any atom is 0.263 e. The Kier molecular flexibility index (Phi) is 4.71. The van der Waals surface area contributed by atoms with Crippen molar-refractivity contribution in [2.24, 2.45) is 0 Å². The van der Waals surface area contributed by atoms with Gasteiger partial charge in [-0.15, -0.1) is 11.3 Å². The molecule has 134 valence electrons. The average Bonchev–Trinajstić information content (AvgIpc) is 3.37. The maximum atomic E-state index is 12.5. The Balaban J connectivity index is 1.43. The van der Waals surface area contributed by atoms with Gasteiger partial charge in [0.15, 0.2) is 0 Å². The van der Waals surface area contributed by atoms with E-state index in [0.717, 1.165) is 22.1 Å². The molecule has 0 aliphatic carbocycles. The molecule has 0 aliphatic rings. The van der Waals surface area contributed by atoms with Crippen molar-refractivity contribution in [2.75, 3.05) is 0 Å². The van der Waals surface area contributed by atoms with Crippen molar-refractivity contribution in [1.29, 1.82) is 0 Å². The molecule has 0 radical (unpaired) electrons. The zero-order valence-electron chi connectivity index (χ0n) is 14.5. The molecule has 7 nitrogen and oxygen atoms in total.